The summed E-state index contributed by atoms with van der Waals surface area (Å²) in [6.45, 7) is 8.76. The molecule has 128 valence electrons. The standard InChI is InChI=1S/C18H24N4O2/c1-5-19-17(23)12-21(6-2)18(24)15-7-9-16(10-8-15)22-14(4)11-13(3)20-22/h7-11H,5-6,12H2,1-4H3,(H,19,23). The molecule has 1 aromatic heterocycles. The van der Waals surface area contributed by atoms with Gasteiger partial charge in [-0.1, -0.05) is 0 Å². The van der Waals surface area contributed by atoms with Crippen molar-refractivity contribution in [3.8, 4) is 5.69 Å². The van der Waals surface area contributed by atoms with Gasteiger partial charge in [0, 0.05) is 24.3 Å². The van der Waals surface area contributed by atoms with Crippen molar-refractivity contribution in [2.75, 3.05) is 19.6 Å². The van der Waals surface area contributed by atoms with Gasteiger partial charge in [-0.2, -0.15) is 5.10 Å². The maximum absolute atomic E-state index is 12.6. The van der Waals surface area contributed by atoms with Crippen molar-refractivity contribution < 1.29 is 9.59 Å². The van der Waals surface area contributed by atoms with Gasteiger partial charge in [-0.3, -0.25) is 9.59 Å². The van der Waals surface area contributed by atoms with Crippen molar-refractivity contribution >= 4 is 11.8 Å². The van der Waals surface area contributed by atoms with Gasteiger partial charge in [0.25, 0.3) is 5.91 Å². The zero-order valence-corrected chi connectivity index (χ0v) is 14.7. The fraction of sp³-hybridized carbons (Fsp3) is 0.389. The van der Waals surface area contributed by atoms with E-state index in [-0.39, 0.29) is 18.4 Å². The average molecular weight is 328 g/mol. The van der Waals surface area contributed by atoms with Crippen LogP contribution in [-0.2, 0) is 4.79 Å². The molecule has 2 rings (SSSR count). The number of carbonyl (C=O) groups is 2. The van der Waals surface area contributed by atoms with Crippen LogP contribution >= 0.6 is 0 Å². The normalized spacial score (nSPS) is 10.5. The molecule has 0 fully saturated rings. The Labute approximate surface area is 142 Å². The Morgan fingerprint density at radius 2 is 1.83 bits per heavy atom. The third-order valence-electron chi connectivity index (χ3n) is 3.75. The predicted molar refractivity (Wildman–Crippen MR) is 93.3 cm³/mol. The zero-order chi connectivity index (χ0) is 17.7. The SMILES string of the molecule is CCNC(=O)CN(CC)C(=O)c1ccc(-n2nc(C)cc2C)cc1. The molecule has 24 heavy (non-hydrogen) atoms. The number of rotatable bonds is 6. The first kappa shape index (κ1) is 17.7. The van der Waals surface area contributed by atoms with Crippen molar-refractivity contribution in [1.82, 2.24) is 20.0 Å². The molecule has 0 saturated heterocycles. The fourth-order valence-corrected chi connectivity index (χ4v) is 2.57. The molecule has 2 amide bonds. The van der Waals surface area contributed by atoms with E-state index in [0.717, 1.165) is 17.1 Å². The molecule has 0 spiro atoms. The Bertz CT molecular complexity index is 719. The summed E-state index contributed by atoms with van der Waals surface area (Å²) in [4.78, 5) is 25.8. The van der Waals surface area contributed by atoms with Crippen LogP contribution in [0.4, 0.5) is 0 Å². The number of carbonyl (C=O) groups excluding carboxylic acids is 2. The van der Waals surface area contributed by atoms with E-state index in [1.165, 1.54) is 4.90 Å². The third kappa shape index (κ3) is 4.01. The molecule has 1 heterocycles. The zero-order valence-electron chi connectivity index (χ0n) is 14.7. The van der Waals surface area contributed by atoms with Gasteiger partial charge in [-0.15, -0.1) is 0 Å². The molecule has 6 nitrogen and oxygen atoms in total. The maximum Gasteiger partial charge on any atom is 0.254 e. The molecule has 0 unspecified atom stereocenters. The first-order valence-corrected chi connectivity index (χ1v) is 8.16. The summed E-state index contributed by atoms with van der Waals surface area (Å²) in [5.74, 6) is -0.296. The van der Waals surface area contributed by atoms with E-state index < -0.39 is 0 Å². The highest BCUT2D eigenvalue weighted by atomic mass is 16.2. The molecule has 2 aromatic rings. The number of aromatic nitrogens is 2. The van der Waals surface area contributed by atoms with Gasteiger partial charge < -0.3 is 10.2 Å². The van der Waals surface area contributed by atoms with Gasteiger partial charge >= 0.3 is 0 Å². The van der Waals surface area contributed by atoms with E-state index in [4.69, 9.17) is 0 Å². The summed E-state index contributed by atoms with van der Waals surface area (Å²) < 4.78 is 1.84. The Balaban J connectivity index is 2.15. The third-order valence-corrected chi connectivity index (χ3v) is 3.75. The van der Waals surface area contributed by atoms with Crippen LogP contribution in [0.3, 0.4) is 0 Å². The van der Waals surface area contributed by atoms with Crippen LogP contribution in [0, 0.1) is 13.8 Å². The number of nitrogens with one attached hydrogen (secondary N) is 1. The number of hydrogen-bond donors (Lipinski definition) is 1. The molecular weight excluding hydrogens is 304 g/mol. The van der Waals surface area contributed by atoms with Crippen molar-refractivity contribution in [1.29, 1.82) is 0 Å². The molecule has 1 aromatic carbocycles. The van der Waals surface area contributed by atoms with Gasteiger partial charge in [0.05, 0.1) is 17.9 Å². The number of benzene rings is 1. The summed E-state index contributed by atoms with van der Waals surface area (Å²) >= 11 is 0. The Morgan fingerprint density at radius 1 is 1.17 bits per heavy atom. The van der Waals surface area contributed by atoms with Crippen LogP contribution in [0.2, 0.25) is 0 Å². The summed E-state index contributed by atoms with van der Waals surface area (Å²) in [5.41, 5.74) is 3.46. The monoisotopic (exact) mass is 328 g/mol. The second kappa shape index (κ2) is 7.77. The van der Waals surface area contributed by atoms with Crippen LogP contribution in [0.1, 0.15) is 35.6 Å². The first-order chi connectivity index (χ1) is 11.5. The van der Waals surface area contributed by atoms with E-state index in [1.807, 2.05) is 50.6 Å². The van der Waals surface area contributed by atoms with Crippen LogP contribution in [0.25, 0.3) is 5.69 Å². The van der Waals surface area contributed by atoms with Crippen LogP contribution in [-0.4, -0.2) is 46.1 Å². The molecule has 0 saturated carbocycles. The second-order valence-corrected chi connectivity index (χ2v) is 5.66. The Kier molecular flexibility index (Phi) is 5.73. The van der Waals surface area contributed by atoms with Gasteiger partial charge in [0.1, 0.15) is 0 Å². The predicted octanol–water partition coefficient (Wildman–Crippen LogP) is 2.09. The average Bonchev–Trinajstić information content (AvgIpc) is 2.91. The van der Waals surface area contributed by atoms with Gasteiger partial charge in [-0.25, -0.2) is 4.68 Å². The number of nitrogens with zero attached hydrogens (tertiary/aromatic N) is 3. The molecule has 0 aliphatic rings. The molecule has 0 aliphatic heterocycles. The first-order valence-electron chi connectivity index (χ1n) is 8.16. The number of hydrogen-bond acceptors (Lipinski definition) is 3. The highest BCUT2D eigenvalue weighted by Gasteiger charge is 2.17. The van der Waals surface area contributed by atoms with Crippen LogP contribution in [0.15, 0.2) is 30.3 Å². The molecule has 0 bridgehead atoms. The van der Waals surface area contributed by atoms with Crippen molar-refractivity contribution in [3.05, 3.63) is 47.3 Å². The summed E-state index contributed by atoms with van der Waals surface area (Å²) in [7, 11) is 0. The lowest BCUT2D eigenvalue weighted by atomic mass is 10.1. The lowest BCUT2D eigenvalue weighted by Gasteiger charge is -2.20. The topological polar surface area (TPSA) is 67.2 Å². The quantitative estimate of drug-likeness (QED) is 0.883. The fourth-order valence-electron chi connectivity index (χ4n) is 2.57. The molecular formula is C18H24N4O2. The maximum atomic E-state index is 12.6. The van der Waals surface area contributed by atoms with Gasteiger partial charge in [-0.05, 0) is 58.0 Å². The molecule has 0 atom stereocenters. The highest BCUT2D eigenvalue weighted by Crippen LogP contribution is 2.14. The van der Waals surface area contributed by atoms with E-state index in [1.54, 1.807) is 12.1 Å². The van der Waals surface area contributed by atoms with E-state index in [0.29, 0.717) is 18.7 Å². The van der Waals surface area contributed by atoms with E-state index >= 15 is 0 Å². The Hall–Kier alpha value is -2.63. The van der Waals surface area contributed by atoms with Gasteiger partial charge in [0.15, 0.2) is 0 Å². The molecule has 0 aliphatic carbocycles. The minimum atomic E-state index is -0.149. The lowest BCUT2D eigenvalue weighted by molar-refractivity contribution is -0.121. The number of likely N-dealkylation sites (N-methyl/N-ethyl adjacent to an activating group) is 2. The van der Waals surface area contributed by atoms with Gasteiger partial charge in [0.2, 0.25) is 5.91 Å². The largest absolute Gasteiger partial charge is 0.355 e. The minimum Gasteiger partial charge on any atom is -0.355 e. The van der Waals surface area contributed by atoms with E-state index in [9.17, 15) is 9.59 Å². The number of amides is 2. The lowest BCUT2D eigenvalue weighted by Crippen LogP contribution is -2.40. The van der Waals surface area contributed by atoms with Crippen molar-refractivity contribution in [2.24, 2.45) is 0 Å². The molecule has 0 radical (unpaired) electrons. The van der Waals surface area contributed by atoms with Crippen molar-refractivity contribution in [3.63, 3.8) is 0 Å². The summed E-state index contributed by atoms with van der Waals surface area (Å²) in [5, 5.41) is 7.15. The Morgan fingerprint density at radius 3 is 2.33 bits per heavy atom. The summed E-state index contributed by atoms with van der Waals surface area (Å²) in [6.07, 6.45) is 0. The van der Waals surface area contributed by atoms with E-state index in [2.05, 4.69) is 10.4 Å². The van der Waals surface area contributed by atoms with Crippen molar-refractivity contribution in [2.45, 2.75) is 27.7 Å². The van der Waals surface area contributed by atoms with Crippen LogP contribution in [0.5, 0.6) is 0 Å². The second-order valence-electron chi connectivity index (χ2n) is 5.66. The minimum absolute atomic E-state index is 0.0718. The summed E-state index contributed by atoms with van der Waals surface area (Å²) in [6, 6.07) is 9.28. The van der Waals surface area contributed by atoms with Crippen LogP contribution < -0.4 is 5.32 Å². The number of aryl methyl sites for hydroxylation is 2. The highest BCUT2D eigenvalue weighted by molar-refractivity contribution is 5.96. The molecule has 6 heteroatoms. The smallest absolute Gasteiger partial charge is 0.254 e. The molecule has 1 N–H and O–H groups in total.